The molecule has 0 spiro atoms. The highest BCUT2D eigenvalue weighted by molar-refractivity contribution is 7.14. The molecule has 4 rings (SSSR count). The first-order valence-electron chi connectivity index (χ1n) is 9.20. The van der Waals surface area contributed by atoms with E-state index in [-0.39, 0.29) is 11.8 Å². The van der Waals surface area contributed by atoms with Crippen LogP contribution in [0.15, 0.2) is 29.6 Å². The van der Waals surface area contributed by atoms with E-state index in [2.05, 4.69) is 15.6 Å². The van der Waals surface area contributed by atoms with E-state index in [4.69, 9.17) is 0 Å². The molecule has 2 saturated carbocycles. The third-order valence-electron chi connectivity index (χ3n) is 5.58. The van der Waals surface area contributed by atoms with E-state index in [0.717, 1.165) is 28.8 Å². The molecule has 0 radical (unpaired) electrons. The van der Waals surface area contributed by atoms with Crippen LogP contribution in [0.2, 0.25) is 0 Å². The van der Waals surface area contributed by atoms with Crippen LogP contribution in [-0.2, 0) is 9.59 Å². The van der Waals surface area contributed by atoms with E-state index in [1.54, 1.807) is 0 Å². The topological polar surface area (TPSA) is 71.1 Å². The lowest BCUT2D eigenvalue weighted by Gasteiger charge is -2.20. The van der Waals surface area contributed by atoms with Crippen molar-refractivity contribution < 1.29 is 9.59 Å². The molecule has 2 bridgehead atoms. The molecule has 2 aromatic rings. The second-order valence-corrected chi connectivity index (χ2v) is 8.34. The molecule has 1 heterocycles. The number of thiazole rings is 1. The molecule has 1 aromatic carbocycles. The summed E-state index contributed by atoms with van der Waals surface area (Å²) in [6.07, 6.45) is 5.84. The Kier molecular flexibility index (Phi) is 4.76. The second-order valence-electron chi connectivity index (χ2n) is 7.48. The number of aromatic nitrogens is 1. The zero-order valence-corrected chi connectivity index (χ0v) is 15.6. The van der Waals surface area contributed by atoms with E-state index >= 15 is 0 Å². The van der Waals surface area contributed by atoms with E-state index in [1.165, 1.54) is 43.9 Å². The summed E-state index contributed by atoms with van der Waals surface area (Å²) in [4.78, 5) is 28.0. The van der Waals surface area contributed by atoms with Gasteiger partial charge in [-0.15, -0.1) is 11.3 Å². The highest BCUT2D eigenvalue weighted by Gasteiger charge is 2.40. The minimum absolute atomic E-state index is 0.0875. The first-order valence-corrected chi connectivity index (χ1v) is 10.1. The molecule has 136 valence electrons. The van der Waals surface area contributed by atoms with Crippen molar-refractivity contribution in [1.29, 1.82) is 0 Å². The van der Waals surface area contributed by atoms with Crippen molar-refractivity contribution in [2.45, 2.75) is 39.0 Å². The number of nitrogens with zero attached hydrogens (tertiary/aromatic N) is 1. The van der Waals surface area contributed by atoms with Crippen LogP contribution < -0.4 is 10.6 Å². The predicted molar refractivity (Wildman–Crippen MR) is 104 cm³/mol. The molecule has 0 unspecified atom stereocenters. The fraction of sp³-hybridized carbons (Fsp3) is 0.450. The van der Waals surface area contributed by atoms with Crippen LogP contribution in [0.3, 0.4) is 0 Å². The first-order chi connectivity index (χ1) is 12.6. The van der Waals surface area contributed by atoms with Crippen molar-refractivity contribution in [3.05, 3.63) is 29.6 Å². The lowest BCUT2D eigenvalue weighted by atomic mass is 9.86. The smallest absolute Gasteiger partial charge is 0.226 e. The number of rotatable bonds is 5. The molecule has 0 saturated heterocycles. The quantitative estimate of drug-likeness (QED) is 0.813. The molecular weight excluding hydrogens is 346 g/mol. The molecule has 2 fully saturated rings. The highest BCUT2D eigenvalue weighted by Crippen LogP contribution is 2.49. The number of hydrogen-bond donors (Lipinski definition) is 2. The highest BCUT2D eigenvalue weighted by atomic mass is 32.1. The lowest BCUT2D eigenvalue weighted by Crippen LogP contribution is -2.20. The molecule has 3 atom stereocenters. The minimum Gasteiger partial charge on any atom is -0.326 e. The zero-order chi connectivity index (χ0) is 18.1. The van der Waals surface area contributed by atoms with Crippen LogP contribution in [0.4, 0.5) is 10.8 Å². The van der Waals surface area contributed by atoms with E-state index < -0.39 is 0 Å². The van der Waals surface area contributed by atoms with Gasteiger partial charge in [-0.25, -0.2) is 4.98 Å². The van der Waals surface area contributed by atoms with Crippen LogP contribution in [0.1, 0.15) is 39.0 Å². The van der Waals surface area contributed by atoms with E-state index in [1.807, 2.05) is 29.6 Å². The lowest BCUT2D eigenvalue weighted by molar-refractivity contribution is -0.117. The Morgan fingerprint density at radius 2 is 1.96 bits per heavy atom. The fourth-order valence-corrected chi connectivity index (χ4v) is 5.16. The number of anilines is 2. The Hall–Kier alpha value is -2.21. The summed E-state index contributed by atoms with van der Waals surface area (Å²) in [6, 6.07) is 7.54. The molecular formula is C20H23N3O2S. The van der Waals surface area contributed by atoms with Crippen LogP contribution >= 0.6 is 11.3 Å². The van der Waals surface area contributed by atoms with E-state index in [0.29, 0.717) is 17.5 Å². The van der Waals surface area contributed by atoms with Gasteiger partial charge in [0.2, 0.25) is 11.8 Å². The standard InChI is InChI=1S/C20H23N3O2S/c1-12(24)21-17-6-4-14(5-7-17)18-11-26-20(22-18)23-19(25)10-16-9-13-2-3-15(16)8-13/h4-7,11,13,15-16H,2-3,8-10H2,1H3,(H,21,24)(H,22,23,25)/t13-,15+,16-/m1/s1. The maximum atomic E-state index is 12.4. The van der Waals surface area contributed by atoms with Gasteiger partial charge in [0.05, 0.1) is 5.69 Å². The van der Waals surface area contributed by atoms with E-state index in [9.17, 15) is 9.59 Å². The summed E-state index contributed by atoms with van der Waals surface area (Å²) >= 11 is 1.45. The van der Waals surface area contributed by atoms with Gasteiger partial charge < -0.3 is 10.6 Å². The number of amides is 2. The summed E-state index contributed by atoms with van der Waals surface area (Å²) < 4.78 is 0. The van der Waals surface area contributed by atoms with Crippen molar-refractivity contribution in [3.63, 3.8) is 0 Å². The average molecular weight is 369 g/mol. The summed E-state index contributed by atoms with van der Waals surface area (Å²) in [5, 5.41) is 8.31. The molecule has 1 aromatic heterocycles. The fourth-order valence-electron chi connectivity index (χ4n) is 4.43. The number of nitrogens with one attached hydrogen (secondary N) is 2. The second kappa shape index (κ2) is 7.19. The largest absolute Gasteiger partial charge is 0.326 e. The van der Waals surface area contributed by atoms with Crippen molar-refractivity contribution in [2.75, 3.05) is 10.6 Å². The first kappa shape index (κ1) is 17.2. The van der Waals surface area contributed by atoms with Crippen molar-refractivity contribution in [1.82, 2.24) is 4.98 Å². The summed E-state index contributed by atoms with van der Waals surface area (Å²) in [5.41, 5.74) is 2.56. The monoisotopic (exact) mass is 369 g/mol. The molecule has 2 N–H and O–H groups in total. The maximum absolute atomic E-state index is 12.4. The Balaban J connectivity index is 1.35. The predicted octanol–water partition coefficient (Wildman–Crippen LogP) is 4.53. The van der Waals surface area contributed by atoms with Gasteiger partial charge in [0.1, 0.15) is 0 Å². The van der Waals surface area contributed by atoms with Crippen LogP contribution in [0.25, 0.3) is 11.3 Å². The van der Waals surface area contributed by atoms with Gasteiger partial charge in [0, 0.05) is 30.0 Å². The SMILES string of the molecule is CC(=O)Nc1ccc(-c2csc(NC(=O)C[C@H]3C[C@@H]4CC[C@H]3C4)n2)cc1. The van der Waals surface area contributed by atoms with Gasteiger partial charge in [-0.3, -0.25) is 9.59 Å². The molecule has 6 heteroatoms. The number of hydrogen-bond acceptors (Lipinski definition) is 4. The maximum Gasteiger partial charge on any atom is 0.226 e. The van der Waals surface area contributed by atoms with Gasteiger partial charge in [0.15, 0.2) is 5.13 Å². The third-order valence-corrected chi connectivity index (χ3v) is 6.34. The van der Waals surface area contributed by atoms with Gasteiger partial charge in [-0.1, -0.05) is 18.6 Å². The number of fused-ring (bicyclic) bond motifs is 2. The zero-order valence-electron chi connectivity index (χ0n) is 14.8. The average Bonchev–Trinajstić information content (AvgIpc) is 3.32. The Morgan fingerprint density at radius 3 is 2.62 bits per heavy atom. The van der Waals surface area contributed by atoms with Crippen LogP contribution in [0.5, 0.6) is 0 Å². The molecule has 2 aliphatic rings. The van der Waals surface area contributed by atoms with Crippen molar-refractivity contribution in [3.8, 4) is 11.3 Å². The molecule has 0 aliphatic heterocycles. The van der Waals surface area contributed by atoms with Gasteiger partial charge in [-0.2, -0.15) is 0 Å². The third kappa shape index (κ3) is 3.80. The number of carbonyl (C=O) groups is 2. The van der Waals surface area contributed by atoms with Crippen molar-refractivity contribution >= 4 is 34.0 Å². The number of carbonyl (C=O) groups excluding carboxylic acids is 2. The number of benzene rings is 1. The molecule has 2 amide bonds. The Morgan fingerprint density at radius 1 is 1.15 bits per heavy atom. The molecule has 2 aliphatic carbocycles. The van der Waals surface area contributed by atoms with Crippen molar-refractivity contribution in [2.24, 2.45) is 17.8 Å². The normalized spacial score (nSPS) is 23.8. The van der Waals surface area contributed by atoms with Crippen LogP contribution in [-0.4, -0.2) is 16.8 Å². The van der Waals surface area contributed by atoms with Gasteiger partial charge >= 0.3 is 0 Å². The Bertz CT molecular complexity index is 815. The molecule has 26 heavy (non-hydrogen) atoms. The van der Waals surface area contributed by atoms with Gasteiger partial charge in [-0.05, 0) is 49.1 Å². The summed E-state index contributed by atoms with van der Waals surface area (Å²) in [6.45, 7) is 1.49. The summed E-state index contributed by atoms with van der Waals surface area (Å²) in [5.74, 6) is 2.19. The summed E-state index contributed by atoms with van der Waals surface area (Å²) in [7, 11) is 0. The van der Waals surface area contributed by atoms with Gasteiger partial charge in [0.25, 0.3) is 0 Å². The van der Waals surface area contributed by atoms with Crippen LogP contribution in [0, 0.1) is 17.8 Å². The Labute approximate surface area is 157 Å². The molecule has 5 nitrogen and oxygen atoms in total. The minimum atomic E-state index is -0.0908.